The van der Waals surface area contributed by atoms with Crippen molar-refractivity contribution in [3.63, 3.8) is 0 Å². The molecule has 2 rings (SSSR count). The first-order chi connectivity index (χ1) is 6.74. The Morgan fingerprint density at radius 2 is 2.14 bits per heavy atom. The molecule has 0 radical (unpaired) electrons. The molecule has 0 aliphatic heterocycles. The molecule has 14 heavy (non-hydrogen) atoms. The minimum Gasteiger partial charge on any atom is -0.392 e. The summed E-state index contributed by atoms with van der Waals surface area (Å²) in [6.45, 7) is 0.0637. The van der Waals surface area contributed by atoms with Crippen LogP contribution in [0.4, 0.5) is 0 Å². The highest BCUT2D eigenvalue weighted by molar-refractivity contribution is 9.11. The molecule has 0 unspecified atom stereocenters. The summed E-state index contributed by atoms with van der Waals surface area (Å²) in [5, 5.41) is 10.4. The van der Waals surface area contributed by atoms with E-state index in [1.54, 1.807) is 11.3 Å². The molecule has 0 saturated heterocycles. The Morgan fingerprint density at radius 1 is 1.36 bits per heavy atom. The van der Waals surface area contributed by atoms with Crippen molar-refractivity contribution >= 4 is 49.0 Å². The number of benzene rings is 1. The van der Waals surface area contributed by atoms with Gasteiger partial charge < -0.3 is 5.11 Å². The summed E-state index contributed by atoms with van der Waals surface area (Å²) in [5.74, 6) is 0.483. The Kier molecular flexibility index (Phi) is 3.12. The molecule has 0 fully saturated rings. The van der Waals surface area contributed by atoms with Crippen LogP contribution in [0.15, 0.2) is 22.0 Å². The summed E-state index contributed by atoms with van der Waals surface area (Å²) in [4.78, 5) is 0. The van der Waals surface area contributed by atoms with Crippen LogP contribution in [0.1, 0.15) is 11.1 Å². The molecule has 1 aromatic heterocycles. The van der Waals surface area contributed by atoms with Gasteiger partial charge in [-0.2, -0.15) is 0 Å². The van der Waals surface area contributed by atoms with Crippen LogP contribution in [0, 0.1) is 0 Å². The average molecular weight is 292 g/mol. The summed E-state index contributed by atoms with van der Waals surface area (Å²) in [6, 6.07) is 6.07. The van der Waals surface area contributed by atoms with E-state index in [-0.39, 0.29) is 6.61 Å². The van der Waals surface area contributed by atoms with E-state index in [4.69, 9.17) is 11.6 Å². The Bertz CT molecular complexity index is 466. The predicted molar refractivity (Wildman–Crippen MR) is 65.0 cm³/mol. The number of halogens is 2. The van der Waals surface area contributed by atoms with Crippen LogP contribution >= 0.6 is 38.9 Å². The minimum atomic E-state index is 0.0637. The fourth-order valence-corrected chi connectivity index (χ4v) is 3.21. The lowest BCUT2D eigenvalue weighted by molar-refractivity contribution is 0.283. The molecule has 0 aliphatic rings. The number of hydrogen-bond acceptors (Lipinski definition) is 2. The normalized spacial score (nSPS) is 11.1. The van der Waals surface area contributed by atoms with Crippen molar-refractivity contribution in [2.24, 2.45) is 0 Å². The maximum atomic E-state index is 9.21. The number of thiophene rings is 1. The molecule has 0 atom stereocenters. The van der Waals surface area contributed by atoms with E-state index in [1.807, 2.05) is 6.07 Å². The van der Waals surface area contributed by atoms with Gasteiger partial charge >= 0.3 is 0 Å². The molecule has 0 amide bonds. The molecular formula is C10H8BrClOS. The third-order valence-electron chi connectivity index (χ3n) is 2.05. The first-order valence-corrected chi connectivity index (χ1v) is 6.26. The maximum Gasteiger partial charge on any atom is 0.0711 e. The van der Waals surface area contributed by atoms with Gasteiger partial charge in [-0.3, -0.25) is 0 Å². The highest BCUT2D eigenvalue weighted by Crippen LogP contribution is 2.33. The summed E-state index contributed by atoms with van der Waals surface area (Å²) in [5.41, 5.74) is 2.00. The molecule has 74 valence electrons. The quantitative estimate of drug-likeness (QED) is 0.832. The molecule has 1 N–H and O–H groups in total. The van der Waals surface area contributed by atoms with Gasteiger partial charge in [0.2, 0.25) is 0 Å². The zero-order valence-corrected chi connectivity index (χ0v) is 10.4. The topological polar surface area (TPSA) is 20.2 Å². The molecule has 0 spiro atoms. The highest BCUT2D eigenvalue weighted by Gasteiger charge is 2.06. The molecule has 4 heteroatoms. The summed E-state index contributed by atoms with van der Waals surface area (Å²) in [6.07, 6.45) is 0. The van der Waals surface area contributed by atoms with E-state index < -0.39 is 0 Å². The van der Waals surface area contributed by atoms with Gasteiger partial charge in [-0.25, -0.2) is 0 Å². The first-order valence-electron chi connectivity index (χ1n) is 4.12. The van der Waals surface area contributed by atoms with Crippen molar-refractivity contribution in [3.05, 3.63) is 33.1 Å². The first kappa shape index (κ1) is 10.4. The molecule has 0 aliphatic carbocycles. The average Bonchev–Trinajstić information content (AvgIpc) is 2.56. The number of aliphatic hydroxyl groups is 1. The predicted octanol–water partition coefficient (Wildman–Crippen LogP) is 3.89. The van der Waals surface area contributed by atoms with E-state index in [9.17, 15) is 5.11 Å². The lowest BCUT2D eigenvalue weighted by Crippen LogP contribution is -1.86. The molecule has 0 bridgehead atoms. The van der Waals surface area contributed by atoms with Crippen molar-refractivity contribution in [2.75, 3.05) is 0 Å². The van der Waals surface area contributed by atoms with Crippen molar-refractivity contribution in [1.82, 2.24) is 0 Å². The zero-order valence-electron chi connectivity index (χ0n) is 7.26. The van der Waals surface area contributed by atoms with Crippen molar-refractivity contribution < 1.29 is 5.11 Å². The number of rotatable bonds is 2. The van der Waals surface area contributed by atoms with Crippen LogP contribution in [-0.4, -0.2) is 5.11 Å². The van der Waals surface area contributed by atoms with Crippen LogP contribution in [0.25, 0.3) is 10.1 Å². The Balaban J connectivity index is 2.72. The van der Waals surface area contributed by atoms with Gasteiger partial charge in [0, 0.05) is 10.6 Å². The van der Waals surface area contributed by atoms with E-state index in [2.05, 4.69) is 28.1 Å². The fraction of sp³-hybridized carbons (Fsp3) is 0.200. The third-order valence-corrected chi connectivity index (χ3v) is 4.09. The van der Waals surface area contributed by atoms with Crippen LogP contribution in [0.5, 0.6) is 0 Å². The summed E-state index contributed by atoms with van der Waals surface area (Å²) >= 11 is 10.8. The molecule has 1 aromatic carbocycles. The monoisotopic (exact) mass is 290 g/mol. The minimum absolute atomic E-state index is 0.0637. The Hall–Kier alpha value is -0.0900. The second kappa shape index (κ2) is 4.19. The van der Waals surface area contributed by atoms with Crippen LogP contribution in [-0.2, 0) is 12.5 Å². The molecule has 0 saturated carbocycles. The van der Waals surface area contributed by atoms with Gasteiger partial charge in [0.25, 0.3) is 0 Å². The van der Waals surface area contributed by atoms with Crippen molar-refractivity contribution in [3.8, 4) is 0 Å². The van der Waals surface area contributed by atoms with Gasteiger partial charge in [-0.15, -0.1) is 22.9 Å². The lowest BCUT2D eigenvalue weighted by Gasteiger charge is -2.01. The SMILES string of the molecule is OCc1cc(CCl)cc2cc(Br)sc12. The van der Waals surface area contributed by atoms with Crippen molar-refractivity contribution in [1.29, 1.82) is 0 Å². The van der Waals surface area contributed by atoms with Gasteiger partial charge in [-0.05, 0) is 44.6 Å². The largest absolute Gasteiger partial charge is 0.392 e. The van der Waals surface area contributed by atoms with Crippen molar-refractivity contribution in [2.45, 2.75) is 12.5 Å². The maximum absolute atomic E-state index is 9.21. The smallest absolute Gasteiger partial charge is 0.0711 e. The number of fused-ring (bicyclic) bond motifs is 1. The second-order valence-corrected chi connectivity index (χ2v) is 5.71. The van der Waals surface area contributed by atoms with Crippen LogP contribution < -0.4 is 0 Å². The van der Waals surface area contributed by atoms with Gasteiger partial charge in [-0.1, -0.05) is 6.07 Å². The second-order valence-electron chi connectivity index (χ2n) is 3.02. The van der Waals surface area contributed by atoms with E-state index >= 15 is 0 Å². The Labute approximate surface area is 99.4 Å². The Morgan fingerprint density at radius 3 is 2.79 bits per heavy atom. The number of aliphatic hydroxyl groups excluding tert-OH is 1. The number of alkyl halides is 1. The highest BCUT2D eigenvalue weighted by atomic mass is 79.9. The fourth-order valence-electron chi connectivity index (χ4n) is 1.46. The van der Waals surface area contributed by atoms with E-state index in [0.717, 1.165) is 25.0 Å². The lowest BCUT2D eigenvalue weighted by atomic mass is 10.1. The summed E-state index contributed by atoms with van der Waals surface area (Å²) < 4.78 is 2.21. The van der Waals surface area contributed by atoms with Crippen LogP contribution in [0.3, 0.4) is 0 Å². The molecule has 1 heterocycles. The molecular weight excluding hydrogens is 284 g/mol. The zero-order chi connectivity index (χ0) is 10.1. The molecule has 1 nitrogen and oxygen atoms in total. The summed E-state index contributed by atoms with van der Waals surface area (Å²) in [7, 11) is 0. The third kappa shape index (κ3) is 1.82. The van der Waals surface area contributed by atoms with Gasteiger partial charge in [0.05, 0.1) is 10.4 Å². The van der Waals surface area contributed by atoms with Gasteiger partial charge in [0.15, 0.2) is 0 Å². The standard InChI is InChI=1S/C10H8BrClOS/c11-9-3-7-1-6(4-12)2-8(5-13)10(7)14-9/h1-3,13H,4-5H2. The van der Waals surface area contributed by atoms with Gasteiger partial charge in [0.1, 0.15) is 0 Å². The van der Waals surface area contributed by atoms with E-state index in [0.29, 0.717) is 5.88 Å². The number of hydrogen-bond donors (Lipinski definition) is 1. The molecule has 2 aromatic rings. The van der Waals surface area contributed by atoms with Crippen LogP contribution in [0.2, 0.25) is 0 Å². The van der Waals surface area contributed by atoms with E-state index in [1.165, 1.54) is 0 Å².